The number of aliphatic imine (C=N–C) groups is 2. The molecule has 1 fully saturated rings. The van der Waals surface area contributed by atoms with Gasteiger partial charge in [0.15, 0.2) is 5.82 Å². The maximum atomic E-state index is 10.3. The highest BCUT2D eigenvalue weighted by Gasteiger charge is 2.34. The van der Waals surface area contributed by atoms with Crippen LogP contribution in [0.25, 0.3) is 5.70 Å². The van der Waals surface area contributed by atoms with Gasteiger partial charge in [0.25, 0.3) is 0 Å². The van der Waals surface area contributed by atoms with Crippen LogP contribution >= 0.6 is 0 Å². The monoisotopic (exact) mass is 354 g/mol. The third-order valence-corrected chi connectivity index (χ3v) is 4.82. The summed E-state index contributed by atoms with van der Waals surface area (Å²) in [4.78, 5) is 21.6. The molecule has 7 nitrogen and oxygen atoms in total. The SMILES string of the molecule is C=N/C=C(/c1nccc(N2CCC(C(C)(C)O)C2)n1)N1C=C(C)N=CC1. The Morgan fingerprint density at radius 3 is 2.92 bits per heavy atom. The summed E-state index contributed by atoms with van der Waals surface area (Å²) < 4.78 is 0. The molecule has 0 aliphatic carbocycles. The molecule has 1 aromatic heterocycles. The Bertz CT molecular complexity index is 762. The van der Waals surface area contributed by atoms with Crippen molar-refractivity contribution < 1.29 is 5.11 Å². The maximum Gasteiger partial charge on any atom is 0.179 e. The molecule has 0 spiro atoms. The molecular weight excluding hydrogens is 328 g/mol. The van der Waals surface area contributed by atoms with E-state index in [0.717, 1.165) is 36.7 Å². The fourth-order valence-electron chi connectivity index (χ4n) is 3.29. The predicted molar refractivity (Wildman–Crippen MR) is 105 cm³/mol. The van der Waals surface area contributed by atoms with Crippen LogP contribution in [-0.4, -0.2) is 58.1 Å². The molecule has 1 aromatic rings. The lowest BCUT2D eigenvalue weighted by Gasteiger charge is -2.26. The summed E-state index contributed by atoms with van der Waals surface area (Å²) in [6.45, 7) is 11.6. The van der Waals surface area contributed by atoms with Gasteiger partial charge in [-0.1, -0.05) is 0 Å². The molecule has 3 rings (SSSR count). The van der Waals surface area contributed by atoms with E-state index in [4.69, 9.17) is 4.98 Å². The summed E-state index contributed by atoms with van der Waals surface area (Å²) in [7, 11) is 0. The van der Waals surface area contributed by atoms with Crippen molar-refractivity contribution >= 4 is 24.4 Å². The highest BCUT2D eigenvalue weighted by Crippen LogP contribution is 2.30. The van der Waals surface area contributed by atoms with Crippen molar-refractivity contribution in [3.63, 3.8) is 0 Å². The summed E-state index contributed by atoms with van der Waals surface area (Å²) in [6, 6.07) is 1.91. The maximum absolute atomic E-state index is 10.3. The molecule has 1 N–H and O–H groups in total. The summed E-state index contributed by atoms with van der Waals surface area (Å²) in [6.07, 6.45) is 8.19. The lowest BCUT2D eigenvalue weighted by Crippen LogP contribution is -2.33. The van der Waals surface area contributed by atoms with Gasteiger partial charge in [0.1, 0.15) is 11.5 Å². The molecule has 0 aromatic carbocycles. The quantitative estimate of drug-likeness (QED) is 0.821. The first-order valence-corrected chi connectivity index (χ1v) is 8.83. The van der Waals surface area contributed by atoms with Gasteiger partial charge in [0.2, 0.25) is 0 Å². The summed E-state index contributed by atoms with van der Waals surface area (Å²) >= 11 is 0. The number of aromatic nitrogens is 2. The molecule has 3 heterocycles. The van der Waals surface area contributed by atoms with Crippen LogP contribution in [0.3, 0.4) is 0 Å². The highest BCUT2D eigenvalue weighted by atomic mass is 16.3. The van der Waals surface area contributed by atoms with E-state index in [-0.39, 0.29) is 5.92 Å². The average Bonchev–Trinajstić information content (AvgIpc) is 3.10. The first kappa shape index (κ1) is 18.3. The van der Waals surface area contributed by atoms with Gasteiger partial charge < -0.3 is 14.9 Å². The van der Waals surface area contributed by atoms with Gasteiger partial charge in [-0.15, -0.1) is 0 Å². The van der Waals surface area contributed by atoms with Crippen molar-refractivity contribution in [3.05, 3.63) is 36.2 Å². The van der Waals surface area contributed by atoms with Gasteiger partial charge in [0.05, 0.1) is 24.0 Å². The Kier molecular flexibility index (Phi) is 5.18. The molecule has 7 heteroatoms. The molecule has 0 saturated carbocycles. The second-order valence-electron chi connectivity index (χ2n) is 7.26. The van der Waals surface area contributed by atoms with Crippen LogP contribution in [0.15, 0.2) is 40.3 Å². The van der Waals surface area contributed by atoms with Gasteiger partial charge >= 0.3 is 0 Å². The number of rotatable bonds is 5. The van der Waals surface area contributed by atoms with Crippen LogP contribution in [0.2, 0.25) is 0 Å². The van der Waals surface area contributed by atoms with Gasteiger partial charge in [0, 0.05) is 37.6 Å². The van der Waals surface area contributed by atoms with E-state index in [1.54, 1.807) is 12.4 Å². The molecule has 138 valence electrons. The van der Waals surface area contributed by atoms with Crippen molar-refractivity contribution in [2.45, 2.75) is 32.8 Å². The largest absolute Gasteiger partial charge is 0.390 e. The predicted octanol–water partition coefficient (Wildman–Crippen LogP) is 2.32. The Morgan fingerprint density at radius 1 is 1.46 bits per heavy atom. The summed E-state index contributed by atoms with van der Waals surface area (Å²) in [5.74, 6) is 1.69. The fraction of sp³-hybridized carbons (Fsp3) is 0.474. The second kappa shape index (κ2) is 7.37. The Hall–Kier alpha value is -2.54. The molecule has 0 radical (unpaired) electrons. The van der Waals surface area contributed by atoms with Crippen LogP contribution in [0.4, 0.5) is 5.82 Å². The molecule has 1 unspecified atom stereocenters. The fourth-order valence-corrected chi connectivity index (χ4v) is 3.29. The minimum Gasteiger partial charge on any atom is -0.390 e. The molecule has 1 saturated heterocycles. The molecule has 26 heavy (non-hydrogen) atoms. The number of nitrogens with zero attached hydrogens (tertiary/aromatic N) is 6. The third kappa shape index (κ3) is 3.99. The molecule has 0 bridgehead atoms. The highest BCUT2D eigenvalue weighted by molar-refractivity contribution is 5.70. The normalized spacial score (nSPS) is 21.2. The molecule has 1 atom stereocenters. The van der Waals surface area contributed by atoms with Crippen molar-refractivity contribution in [1.82, 2.24) is 14.9 Å². The molecular formula is C19H26N6O. The number of hydrogen-bond acceptors (Lipinski definition) is 7. The van der Waals surface area contributed by atoms with Crippen molar-refractivity contribution in [2.75, 3.05) is 24.5 Å². The number of anilines is 1. The zero-order valence-electron chi connectivity index (χ0n) is 15.6. The number of allylic oxidation sites excluding steroid dienone is 1. The van der Waals surface area contributed by atoms with E-state index in [1.165, 1.54) is 0 Å². The van der Waals surface area contributed by atoms with E-state index in [1.807, 2.05) is 44.2 Å². The van der Waals surface area contributed by atoms with Crippen LogP contribution in [-0.2, 0) is 0 Å². The Labute approximate surface area is 154 Å². The third-order valence-electron chi connectivity index (χ3n) is 4.82. The van der Waals surface area contributed by atoms with Crippen LogP contribution in [0, 0.1) is 5.92 Å². The van der Waals surface area contributed by atoms with Gasteiger partial charge in [-0.05, 0) is 40.0 Å². The second-order valence-corrected chi connectivity index (χ2v) is 7.26. The lowest BCUT2D eigenvalue weighted by molar-refractivity contribution is 0.0263. The minimum absolute atomic E-state index is 0.231. The molecule has 2 aliphatic heterocycles. The van der Waals surface area contributed by atoms with E-state index in [9.17, 15) is 5.11 Å². The van der Waals surface area contributed by atoms with Gasteiger partial charge in [-0.2, -0.15) is 0 Å². The Balaban J connectivity index is 1.85. The first-order chi connectivity index (χ1) is 12.4. The average molecular weight is 354 g/mol. The van der Waals surface area contributed by atoms with E-state index >= 15 is 0 Å². The zero-order chi connectivity index (χ0) is 18.7. The van der Waals surface area contributed by atoms with Crippen LogP contribution < -0.4 is 4.90 Å². The van der Waals surface area contributed by atoms with E-state index in [0.29, 0.717) is 12.4 Å². The zero-order valence-corrected chi connectivity index (χ0v) is 15.6. The minimum atomic E-state index is -0.683. The smallest absolute Gasteiger partial charge is 0.179 e. The lowest BCUT2D eigenvalue weighted by atomic mass is 9.90. The van der Waals surface area contributed by atoms with Crippen molar-refractivity contribution in [3.8, 4) is 0 Å². The number of aliphatic hydroxyl groups is 1. The molecule has 2 aliphatic rings. The van der Waals surface area contributed by atoms with Gasteiger partial charge in [-0.25, -0.2) is 9.97 Å². The van der Waals surface area contributed by atoms with Gasteiger partial charge in [-0.3, -0.25) is 9.98 Å². The Morgan fingerprint density at radius 2 is 2.27 bits per heavy atom. The summed E-state index contributed by atoms with van der Waals surface area (Å²) in [5, 5.41) is 10.3. The number of hydrogen-bond donors (Lipinski definition) is 1. The summed E-state index contributed by atoms with van der Waals surface area (Å²) in [5.41, 5.74) is 1.01. The van der Waals surface area contributed by atoms with Crippen molar-refractivity contribution in [1.29, 1.82) is 0 Å². The van der Waals surface area contributed by atoms with Crippen molar-refractivity contribution in [2.24, 2.45) is 15.9 Å². The standard InChI is InChI=1S/C19H26N6O/c1-14-12-24(10-8-21-14)16(11-20-4)18-22-7-5-17(23-18)25-9-6-15(13-25)19(2,3)26/h5,7-8,11-12,15,26H,4,6,9-10,13H2,1-3H3/b16-11-. The van der Waals surface area contributed by atoms with E-state index < -0.39 is 5.60 Å². The van der Waals surface area contributed by atoms with Crippen LogP contribution in [0.1, 0.15) is 33.0 Å². The first-order valence-electron chi connectivity index (χ1n) is 8.83. The molecule has 0 amide bonds. The van der Waals surface area contributed by atoms with Crippen LogP contribution in [0.5, 0.6) is 0 Å². The van der Waals surface area contributed by atoms with E-state index in [2.05, 4.69) is 26.6 Å². The topological polar surface area (TPSA) is 77.2 Å².